The van der Waals surface area contributed by atoms with Crippen LogP contribution in [-0.2, 0) is 6.61 Å². The van der Waals surface area contributed by atoms with Gasteiger partial charge in [0, 0.05) is 0 Å². The first-order valence-corrected chi connectivity index (χ1v) is 3.74. The molecule has 2 rings (SSSR count). The Balaban J connectivity index is 2.47. The van der Waals surface area contributed by atoms with E-state index in [2.05, 4.69) is 15.0 Å². The van der Waals surface area contributed by atoms with Crippen LogP contribution in [0.1, 0.15) is 11.4 Å². The van der Waals surface area contributed by atoms with E-state index in [1.54, 1.807) is 0 Å². The average molecular weight is 180 g/mol. The second-order valence-electron chi connectivity index (χ2n) is 2.58. The van der Waals surface area contributed by atoms with Crippen LogP contribution in [0.15, 0.2) is 11.2 Å². The third-order valence-electron chi connectivity index (χ3n) is 1.66. The van der Waals surface area contributed by atoms with Crippen molar-refractivity contribution in [2.24, 2.45) is 4.99 Å². The summed E-state index contributed by atoms with van der Waals surface area (Å²) in [4.78, 5) is 11.8. The van der Waals surface area contributed by atoms with Crippen molar-refractivity contribution in [3.63, 3.8) is 0 Å². The first-order chi connectivity index (χ1) is 6.31. The van der Waals surface area contributed by atoms with Crippen LogP contribution >= 0.6 is 0 Å². The number of hydrogen-bond donors (Lipinski definition) is 2. The summed E-state index contributed by atoms with van der Waals surface area (Å²) in [7, 11) is 0. The van der Waals surface area contributed by atoms with Gasteiger partial charge in [-0.15, -0.1) is 0 Å². The summed E-state index contributed by atoms with van der Waals surface area (Å²) in [6, 6.07) is 0. The first-order valence-electron chi connectivity index (χ1n) is 3.74. The maximum absolute atomic E-state index is 9.28. The second kappa shape index (κ2) is 3.08. The number of aliphatic hydroxyl groups is 1. The number of fused-ring (bicyclic) bond motifs is 1. The van der Waals surface area contributed by atoms with Crippen molar-refractivity contribution in [1.29, 1.82) is 0 Å². The lowest BCUT2D eigenvalue weighted by Crippen LogP contribution is -2.25. The van der Waals surface area contributed by atoms with Crippen LogP contribution in [0.25, 0.3) is 0 Å². The number of nitrogens with zero attached hydrogens (tertiary/aromatic N) is 4. The number of aliphatic imine (C=N–C) groups is 1. The molecule has 0 atom stereocenters. The zero-order valence-electron chi connectivity index (χ0n) is 6.75. The predicted molar refractivity (Wildman–Crippen MR) is 44.7 cm³/mol. The number of hydrogen-bond acceptors (Lipinski definition) is 6. The SMILES string of the molecule is OCc1cnc2c(n1)C=NCN2O. The van der Waals surface area contributed by atoms with Gasteiger partial charge in [-0.25, -0.2) is 15.0 Å². The molecule has 1 aromatic rings. The fraction of sp³-hybridized carbons (Fsp3) is 0.286. The van der Waals surface area contributed by atoms with Crippen molar-refractivity contribution in [2.75, 3.05) is 11.7 Å². The van der Waals surface area contributed by atoms with Gasteiger partial charge < -0.3 is 5.11 Å². The van der Waals surface area contributed by atoms with Crippen molar-refractivity contribution in [1.82, 2.24) is 9.97 Å². The Hall–Kier alpha value is -1.53. The zero-order valence-corrected chi connectivity index (χ0v) is 6.75. The molecule has 0 aromatic carbocycles. The minimum absolute atomic E-state index is 0.167. The van der Waals surface area contributed by atoms with Crippen molar-refractivity contribution >= 4 is 12.0 Å². The largest absolute Gasteiger partial charge is 0.390 e. The van der Waals surface area contributed by atoms with Gasteiger partial charge in [0.25, 0.3) is 0 Å². The molecule has 13 heavy (non-hydrogen) atoms. The van der Waals surface area contributed by atoms with Crippen molar-refractivity contribution in [3.8, 4) is 0 Å². The first kappa shape index (κ1) is 8.09. The van der Waals surface area contributed by atoms with Crippen LogP contribution in [0, 0.1) is 0 Å². The molecule has 0 saturated heterocycles. The fourth-order valence-electron chi connectivity index (χ4n) is 1.07. The maximum Gasteiger partial charge on any atom is 0.181 e. The Morgan fingerprint density at radius 3 is 3.15 bits per heavy atom. The maximum atomic E-state index is 9.28. The van der Waals surface area contributed by atoms with E-state index < -0.39 is 0 Å². The van der Waals surface area contributed by atoms with Crippen LogP contribution in [0.4, 0.5) is 5.82 Å². The molecule has 0 amide bonds. The minimum atomic E-state index is -0.167. The molecule has 1 aliphatic rings. The fourth-order valence-corrected chi connectivity index (χ4v) is 1.07. The third-order valence-corrected chi connectivity index (χ3v) is 1.66. The van der Waals surface area contributed by atoms with E-state index in [9.17, 15) is 5.21 Å². The van der Waals surface area contributed by atoms with E-state index in [0.717, 1.165) is 5.06 Å². The Morgan fingerprint density at radius 2 is 2.38 bits per heavy atom. The molecule has 0 fully saturated rings. The van der Waals surface area contributed by atoms with Gasteiger partial charge in [-0.1, -0.05) is 0 Å². The lowest BCUT2D eigenvalue weighted by Gasteiger charge is -2.18. The molecule has 6 heteroatoms. The summed E-state index contributed by atoms with van der Waals surface area (Å²) in [6.45, 7) is -0.000297. The monoisotopic (exact) mass is 180 g/mol. The molecule has 1 aliphatic heterocycles. The normalized spacial score (nSPS) is 14.5. The van der Waals surface area contributed by atoms with Crippen LogP contribution in [0.5, 0.6) is 0 Å². The van der Waals surface area contributed by atoms with E-state index in [1.807, 2.05) is 0 Å². The molecule has 2 N–H and O–H groups in total. The molecule has 0 bridgehead atoms. The Morgan fingerprint density at radius 1 is 1.54 bits per heavy atom. The number of aliphatic hydroxyl groups excluding tert-OH is 1. The second-order valence-corrected chi connectivity index (χ2v) is 2.58. The molecule has 0 radical (unpaired) electrons. The van der Waals surface area contributed by atoms with E-state index in [1.165, 1.54) is 12.4 Å². The quantitative estimate of drug-likeness (QED) is 0.612. The molecule has 0 unspecified atom stereocenters. The van der Waals surface area contributed by atoms with Gasteiger partial charge >= 0.3 is 0 Å². The summed E-state index contributed by atoms with van der Waals surface area (Å²) in [5, 5.41) is 19.0. The Kier molecular flexibility index (Phi) is 1.91. The number of anilines is 1. The van der Waals surface area contributed by atoms with Crippen LogP contribution in [-0.4, -0.2) is 33.2 Å². The third kappa shape index (κ3) is 1.36. The van der Waals surface area contributed by atoms with E-state index >= 15 is 0 Å². The van der Waals surface area contributed by atoms with Crippen LogP contribution in [0.3, 0.4) is 0 Å². The topological polar surface area (TPSA) is 81.8 Å². The smallest absolute Gasteiger partial charge is 0.181 e. The van der Waals surface area contributed by atoms with E-state index in [4.69, 9.17) is 5.11 Å². The van der Waals surface area contributed by atoms with Gasteiger partial charge in [-0.2, -0.15) is 0 Å². The highest BCUT2D eigenvalue weighted by Crippen LogP contribution is 2.15. The van der Waals surface area contributed by atoms with Crippen molar-refractivity contribution in [3.05, 3.63) is 17.6 Å². The lowest BCUT2D eigenvalue weighted by atomic mass is 10.3. The predicted octanol–water partition coefficient (Wildman–Crippen LogP) is -0.445. The van der Waals surface area contributed by atoms with Gasteiger partial charge in [0.1, 0.15) is 12.4 Å². The number of rotatable bonds is 1. The highest BCUT2D eigenvalue weighted by atomic mass is 16.5. The Bertz CT molecular complexity index is 352. The standard InChI is InChI=1S/C7H8N4O2/c12-3-5-1-9-7-6(10-5)2-8-4-11(7)13/h1-2,12-13H,3-4H2. The van der Waals surface area contributed by atoms with Crippen molar-refractivity contribution < 1.29 is 10.3 Å². The van der Waals surface area contributed by atoms with E-state index in [0.29, 0.717) is 17.2 Å². The summed E-state index contributed by atoms with van der Waals surface area (Å²) in [6.07, 6.45) is 2.94. The zero-order chi connectivity index (χ0) is 9.26. The highest BCUT2D eigenvalue weighted by Gasteiger charge is 2.14. The summed E-state index contributed by atoms with van der Waals surface area (Å²) in [5.41, 5.74) is 0.931. The summed E-state index contributed by atoms with van der Waals surface area (Å²) < 4.78 is 0. The number of aromatic nitrogens is 2. The van der Waals surface area contributed by atoms with Gasteiger partial charge in [0.15, 0.2) is 5.82 Å². The summed E-state index contributed by atoms with van der Waals surface area (Å²) >= 11 is 0. The molecule has 0 saturated carbocycles. The van der Waals surface area contributed by atoms with Gasteiger partial charge in [-0.05, 0) is 0 Å². The summed E-state index contributed by atoms with van der Waals surface area (Å²) in [5.74, 6) is 0.368. The molecule has 1 aromatic heterocycles. The minimum Gasteiger partial charge on any atom is -0.390 e. The van der Waals surface area contributed by atoms with Gasteiger partial charge in [-0.3, -0.25) is 10.2 Å². The molecule has 6 nitrogen and oxygen atoms in total. The molecule has 0 aliphatic carbocycles. The van der Waals surface area contributed by atoms with Gasteiger partial charge in [0.05, 0.1) is 24.7 Å². The van der Waals surface area contributed by atoms with Crippen molar-refractivity contribution in [2.45, 2.75) is 6.61 Å². The molecule has 0 spiro atoms. The van der Waals surface area contributed by atoms with Crippen LogP contribution in [0.2, 0.25) is 0 Å². The lowest BCUT2D eigenvalue weighted by molar-refractivity contribution is 0.251. The van der Waals surface area contributed by atoms with Crippen LogP contribution < -0.4 is 5.06 Å². The van der Waals surface area contributed by atoms with E-state index in [-0.39, 0.29) is 13.3 Å². The molecule has 2 heterocycles. The van der Waals surface area contributed by atoms with Gasteiger partial charge in [0.2, 0.25) is 0 Å². The number of hydroxylamine groups is 1. The average Bonchev–Trinajstić information content (AvgIpc) is 2.18. The molecular weight excluding hydrogens is 172 g/mol. The Labute approximate surface area is 74.2 Å². The molecular formula is C7H8N4O2. The molecule has 68 valence electrons. The highest BCUT2D eigenvalue weighted by molar-refractivity contribution is 5.85.